The van der Waals surface area contributed by atoms with E-state index < -0.39 is 9.05 Å². The summed E-state index contributed by atoms with van der Waals surface area (Å²) < 4.78 is 22.8. The normalized spacial score (nSPS) is 25.1. The summed E-state index contributed by atoms with van der Waals surface area (Å²) in [6.45, 7) is 1.47. The third kappa shape index (κ3) is 2.91. The molecule has 4 nitrogen and oxygen atoms in total. The molecule has 0 N–H and O–H groups in total. The molecule has 1 aliphatic heterocycles. The van der Waals surface area contributed by atoms with Gasteiger partial charge in [-0.15, -0.1) is 0 Å². The Bertz CT molecular complexity index is 677. The fourth-order valence-electron chi connectivity index (χ4n) is 3.39. The predicted molar refractivity (Wildman–Crippen MR) is 81.2 cm³/mol. The molecule has 21 heavy (non-hydrogen) atoms. The molecule has 1 aromatic carbocycles. The Labute approximate surface area is 133 Å². The van der Waals surface area contributed by atoms with E-state index in [1.54, 1.807) is 4.90 Å². The van der Waals surface area contributed by atoms with Gasteiger partial charge in [0.25, 0.3) is 15.0 Å². The molecular weight excluding hydrogens is 333 g/mol. The monoisotopic (exact) mass is 347 g/mol. The van der Waals surface area contributed by atoms with E-state index >= 15 is 0 Å². The Morgan fingerprint density at radius 1 is 1.19 bits per heavy atom. The van der Waals surface area contributed by atoms with Crippen LogP contribution >= 0.6 is 22.3 Å². The van der Waals surface area contributed by atoms with Crippen molar-refractivity contribution in [2.24, 2.45) is 11.8 Å². The summed E-state index contributed by atoms with van der Waals surface area (Å²) in [6, 6.07) is 3.97. The van der Waals surface area contributed by atoms with Crippen LogP contribution in [0.1, 0.15) is 29.6 Å². The first-order chi connectivity index (χ1) is 9.86. The minimum absolute atomic E-state index is 0.101. The number of amides is 1. The van der Waals surface area contributed by atoms with Gasteiger partial charge in [0.15, 0.2) is 0 Å². The summed E-state index contributed by atoms with van der Waals surface area (Å²) in [6.07, 6.45) is 3.56. The van der Waals surface area contributed by atoms with E-state index in [2.05, 4.69) is 0 Å². The van der Waals surface area contributed by atoms with Gasteiger partial charge in [0.2, 0.25) is 0 Å². The highest BCUT2D eigenvalue weighted by Gasteiger charge is 2.38. The zero-order chi connectivity index (χ0) is 15.2. The van der Waals surface area contributed by atoms with Crippen LogP contribution in [0, 0.1) is 11.8 Å². The molecule has 114 valence electrons. The van der Waals surface area contributed by atoms with E-state index in [4.69, 9.17) is 22.3 Å². The van der Waals surface area contributed by atoms with Crippen molar-refractivity contribution in [2.45, 2.75) is 24.2 Å². The van der Waals surface area contributed by atoms with Crippen molar-refractivity contribution in [1.29, 1.82) is 0 Å². The summed E-state index contributed by atoms with van der Waals surface area (Å²) in [5.41, 5.74) is 0.207. The molecule has 1 aromatic rings. The number of benzene rings is 1. The van der Waals surface area contributed by atoms with Crippen molar-refractivity contribution in [3.05, 3.63) is 28.8 Å². The van der Waals surface area contributed by atoms with E-state index in [-0.39, 0.29) is 21.4 Å². The lowest BCUT2D eigenvalue weighted by atomic mass is 10.0. The second-order valence-corrected chi connectivity index (χ2v) is 8.71. The Morgan fingerprint density at radius 3 is 2.38 bits per heavy atom. The van der Waals surface area contributed by atoms with Gasteiger partial charge in [0.05, 0.1) is 15.5 Å². The fraction of sp³-hybridized carbons (Fsp3) is 0.500. The molecule has 1 saturated carbocycles. The zero-order valence-corrected chi connectivity index (χ0v) is 13.6. The second-order valence-electron chi connectivity index (χ2n) is 5.74. The molecule has 1 heterocycles. The number of hydrogen-bond acceptors (Lipinski definition) is 3. The first-order valence-corrected chi connectivity index (χ1v) is 9.58. The van der Waals surface area contributed by atoms with E-state index in [1.165, 1.54) is 24.6 Å². The number of nitrogens with zero attached hydrogens (tertiary/aromatic N) is 1. The summed E-state index contributed by atoms with van der Waals surface area (Å²) in [5.74, 6) is 0.942. The first kappa shape index (κ1) is 15.1. The van der Waals surface area contributed by atoms with Gasteiger partial charge in [-0.2, -0.15) is 0 Å². The van der Waals surface area contributed by atoms with Crippen LogP contribution in [-0.4, -0.2) is 32.3 Å². The Morgan fingerprint density at radius 2 is 1.81 bits per heavy atom. The molecule has 0 spiro atoms. The van der Waals surface area contributed by atoms with E-state index in [0.29, 0.717) is 11.8 Å². The van der Waals surface area contributed by atoms with Crippen LogP contribution in [0.15, 0.2) is 23.1 Å². The van der Waals surface area contributed by atoms with Gasteiger partial charge >= 0.3 is 0 Å². The highest BCUT2D eigenvalue weighted by Crippen LogP contribution is 2.38. The number of carbonyl (C=O) groups is 1. The highest BCUT2D eigenvalue weighted by molar-refractivity contribution is 8.13. The summed E-state index contributed by atoms with van der Waals surface area (Å²) in [4.78, 5) is 14.3. The van der Waals surface area contributed by atoms with Crippen LogP contribution in [0.25, 0.3) is 0 Å². The van der Waals surface area contributed by atoms with Crippen LogP contribution in [0.2, 0.25) is 5.02 Å². The van der Waals surface area contributed by atoms with Crippen LogP contribution in [0.4, 0.5) is 0 Å². The molecule has 0 radical (unpaired) electrons. The van der Waals surface area contributed by atoms with Gasteiger partial charge in [-0.1, -0.05) is 18.0 Å². The molecule has 2 fully saturated rings. The minimum Gasteiger partial charge on any atom is -0.338 e. The largest absolute Gasteiger partial charge is 0.338 e. The molecule has 0 aromatic heterocycles. The minimum atomic E-state index is -3.87. The Kier molecular flexibility index (Phi) is 3.93. The van der Waals surface area contributed by atoms with Crippen LogP contribution in [0.3, 0.4) is 0 Å². The van der Waals surface area contributed by atoms with Crippen molar-refractivity contribution in [2.75, 3.05) is 13.1 Å². The Hall–Kier alpha value is -0.780. The van der Waals surface area contributed by atoms with Gasteiger partial charge in [-0.25, -0.2) is 8.42 Å². The molecule has 2 aliphatic rings. The van der Waals surface area contributed by atoms with E-state index in [0.717, 1.165) is 25.9 Å². The predicted octanol–water partition coefficient (Wildman–Crippen LogP) is 3.14. The number of fused-ring (bicyclic) bond motifs is 1. The smallest absolute Gasteiger partial charge is 0.261 e. The molecule has 1 amide bonds. The maximum Gasteiger partial charge on any atom is 0.261 e. The van der Waals surface area contributed by atoms with Crippen molar-refractivity contribution < 1.29 is 13.2 Å². The number of hydrogen-bond donors (Lipinski definition) is 0. The van der Waals surface area contributed by atoms with Gasteiger partial charge in [0.1, 0.15) is 0 Å². The maximum absolute atomic E-state index is 12.6. The second kappa shape index (κ2) is 5.45. The van der Waals surface area contributed by atoms with Crippen molar-refractivity contribution in [3.8, 4) is 0 Å². The molecule has 7 heteroatoms. The Balaban J connectivity index is 1.88. The molecule has 0 bridgehead atoms. The number of likely N-dealkylation sites (tertiary alicyclic amines) is 1. The molecule has 2 unspecified atom stereocenters. The van der Waals surface area contributed by atoms with E-state index in [9.17, 15) is 13.2 Å². The van der Waals surface area contributed by atoms with Gasteiger partial charge < -0.3 is 4.90 Å². The van der Waals surface area contributed by atoms with E-state index in [1.807, 2.05) is 0 Å². The molecular formula is C14H15Cl2NO3S. The fourth-order valence-corrected chi connectivity index (χ4v) is 4.37. The lowest BCUT2D eigenvalue weighted by molar-refractivity contribution is 0.0780. The molecule has 1 saturated heterocycles. The molecule has 3 rings (SSSR count). The quantitative estimate of drug-likeness (QED) is 0.772. The van der Waals surface area contributed by atoms with Crippen molar-refractivity contribution in [3.63, 3.8) is 0 Å². The van der Waals surface area contributed by atoms with Crippen molar-refractivity contribution >= 4 is 37.2 Å². The highest BCUT2D eigenvalue weighted by atomic mass is 35.7. The average Bonchev–Trinajstić information content (AvgIpc) is 2.97. The van der Waals surface area contributed by atoms with Crippen LogP contribution in [0.5, 0.6) is 0 Å². The summed E-state index contributed by atoms with van der Waals surface area (Å²) >= 11 is 6.05. The van der Waals surface area contributed by atoms with Crippen LogP contribution in [-0.2, 0) is 9.05 Å². The van der Waals surface area contributed by atoms with Crippen LogP contribution < -0.4 is 0 Å². The third-order valence-corrected chi connectivity index (χ3v) is 6.14. The topological polar surface area (TPSA) is 54.5 Å². The van der Waals surface area contributed by atoms with Crippen molar-refractivity contribution in [1.82, 2.24) is 4.90 Å². The standard InChI is InChI=1S/C14H15Cl2NO3S/c15-13-5-4-11(21(16,19)20)6-12(13)14(18)17-7-9-2-1-3-10(9)8-17/h4-6,9-10H,1-3,7-8H2. The lowest BCUT2D eigenvalue weighted by Gasteiger charge is -2.18. The number of halogens is 2. The number of rotatable bonds is 2. The summed E-state index contributed by atoms with van der Waals surface area (Å²) in [5, 5.41) is 0.251. The zero-order valence-electron chi connectivity index (χ0n) is 11.3. The SMILES string of the molecule is O=C(c1cc(S(=O)(=O)Cl)ccc1Cl)N1CC2CCCC2C1. The molecule has 1 aliphatic carbocycles. The first-order valence-electron chi connectivity index (χ1n) is 6.90. The summed E-state index contributed by atoms with van der Waals surface area (Å²) in [7, 11) is 1.46. The lowest BCUT2D eigenvalue weighted by Crippen LogP contribution is -2.29. The number of carbonyl (C=O) groups excluding carboxylic acids is 1. The van der Waals surface area contributed by atoms with Gasteiger partial charge in [-0.3, -0.25) is 4.79 Å². The third-order valence-electron chi connectivity index (χ3n) is 4.46. The van der Waals surface area contributed by atoms with Gasteiger partial charge in [-0.05, 0) is 42.9 Å². The maximum atomic E-state index is 12.6. The molecule has 2 atom stereocenters. The average molecular weight is 348 g/mol. The van der Waals surface area contributed by atoms with Gasteiger partial charge in [0, 0.05) is 23.8 Å².